The molecule has 114 valence electrons. The first-order valence-corrected chi connectivity index (χ1v) is 8.15. The summed E-state index contributed by atoms with van der Waals surface area (Å²) >= 11 is 1.78. The van der Waals surface area contributed by atoms with Crippen molar-refractivity contribution < 1.29 is 9.53 Å². The van der Waals surface area contributed by atoms with Crippen LogP contribution in [0.4, 0.5) is 0 Å². The minimum atomic E-state index is -0.0959. The van der Waals surface area contributed by atoms with Gasteiger partial charge >= 0.3 is 0 Å². The Morgan fingerprint density at radius 2 is 2.29 bits per heavy atom. The Morgan fingerprint density at radius 3 is 2.90 bits per heavy atom. The summed E-state index contributed by atoms with van der Waals surface area (Å²) in [6, 6.07) is 5.22. The van der Waals surface area contributed by atoms with E-state index in [0.717, 1.165) is 5.75 Å². The Hall–Kier alpha value is -1.64. The Kier molecular flexibility index (Phi) is 7.73. The lowest BCUT2D eigenvalue weighted by Crippen LogP contribution is -2.29. The average Bonchev–Trinajstić information content (AvgIpc) is 2.50. The number of nitrogens with one attached hydrogen (secondary N) is 1. The smallest absolute Gasteiger partial charge is 0.251 e. The Bertz CT molecular complexity index is 535. The monoisotopic (exact) mass is 306 g/mol. The van der Waals surface area contributed by atoms with E-state index in [1.165, 1.54) is 0 Å². The lowest BCUT2D eigenvalue weighted by molar-refractivity contribution is 0.0949. The van der Waals surface area contributed by atoms with E-state index >= 15 is 0 Å². The Balaban J connectivity index is 2.80. The van der Waals surface area contributed by atoms with Crippen molar-refractivity contribution in [1.29, 1.82) is 0 Å². The van der Waals surface area contributed by atoms with Crippen molar-refractivity contribution >= 4 is 17.7 Å². The predicted molar refractivity (Wildman–Crippen MR) is 88.8 cm³/mol. The molecule has 1 aromatic carbocycles. The van der Waals surface area contributed by atoms with Gasteiger partial charge in [0.1, 0.15) is 5.75 Å². The molecule has 0 aliphatic heterocycles. The minimum absolute atomic E-state index is 0.0959. The first-order valence-electron chi connectivity index (χ1n) is 6.76. The highest BCUT2D eigenvalue weighted by Gasteiger charge is 2.10. The number of hydrogen-bond donors (Lipinski definition) is 2. The molecule has 0 saturated carbocycles. The molecule has 0 fully saturated rings. The molecular weight excluding hydrogens is 284 g/mol. The molecule has 3 N–H and O–H groups in total. The van der Waals surface area contributed by atoms with E-state index < -0.39 is 0 Å². The Morgan fingerprint density at radius 1 is 1.52 bits per heavy atom. The van der Waals surface area contributed by atoms with Crippen LogP contribution >= 0.6 is 11.8 Å². The van der Waals surface area contributed by atoms with Crippen LogP contribution in [-0.4, -0.2) is 38.1 Å². The van der Waals surface area contributed by atoms with Crippen molar-refractivity contribution in [2.24, 2.45) is 11.7 Å². The van der Waals surface area contributed by atoms with Gasteiger partial charge in [0, 0.05) is 12.1 Å². The molecule has 1 amide bonds. The quantitative estimate of drug-likeness (QED) is 0.786. The molecule has 1 aromatic rings. The molecule has 21 heavy (non-hydrogen) atoms. The van der Waals surface area contributed by atoms with E-state index in [2.05, 4.69) is 30.3 Å². The summed E-state index contributed by atoms with van der Waals surface area (Å²) in [5.41, 5.74) is 6.63. The SMILES string of the molecule is COc1ccc(C(=O)NCC(C)CSC)cc1C#CCN. The first kappa shape index (κ1) is 17.4. The van der Waals surface area contributed by atoms with Crippen molar-refractivity contribution in [2.45, 2.75) is 6.92 Å². The highest BCUT2D eigenvalue weighted by Crippen LogP contribution is 2.19. The van der Waals surface area contributed by atoms with Crippen LogP contribution in [-0.2, 0) is 0 Å². The van der Waals surface area contributed by atoms with Crippen LogP contribution in [0.15, 0.2) is 18.2 Å². The van der Waals surface area contributed by atoms with Gasteiger partial charge in [-0.25, -0.2) is 0 Å². The largest absolute Gasteiger partial charge is 0.495 e. The van der Waals surface area contributed by atoms with Crippen LogP contribution in [0, 0.1) is 17.8 Å². The summed E-state index contributed by atoms with van der Waals surface area (Å²) in [5.74, 6) is 7.71. The minimum Gasteiger partial charge on any atom is -0.495 e. The zero-order chi connectivity index (χ0) is 15.7. The number of carbonyl (C=O) groups excluding carboxylic acids is 1. The van der Waals surface area contributed by atoms with E-state index in [4.69, 9.17) is 10.5 Å². The molecule has 0 spiro atoms. The number of methoxy groups -OCH3 is 1. The number of ether oxygens (including phenoxy) is 1. The normalized spacial score (nSPS) is 11.2. The molecule has 0 heterocycles. The van der Waals surface area contributed by atoms with Gasteiger partial charge in [-0.1, -0.05) is 18.8 Å². The third-order valence-electron chi connectivity index (χ3n) is 2.85. The maximum Gasteiger partial charge on any atom is 0.251 e. The zero-order valence-corrected chi connectivity index (χ0v) is 13.5. The van der Waals surface area contributed by atoms with Crippen molar-refractivity contribution in [2.75, 3.05) is 32.2 Å². The van der Waals surface area contributed by atoms with E-state index in [9.17, 15) is 4.79 Å². The van der Waals surface area contributed by atoms with Crippen LogP contribution in [0.1, 0.15) is 22.8 Å². The fourth-order valence-electron chi connectivity index (χ4n) is 1.81. The molecule has 0 bridgehead atoms. The van der Waals surface area contributed by atoms with Crippen LogP contribution in [0.25, 0.3) is 0 Å². The van der Waals surface area contributed by atoms with Crippen LogP contribution in [0.2, 0.25) is 0 Å². The summed E-state index contributed by atoms with van der Waals surface area (Å²) in [7, 11) is 1.58. The van der Waals surface area contributed by atoms with Gasteiger partial charge in [0.2, 0.25) is 0 Å². The molecule has 1 unspecified atom stereocenters. The summed E-state index contributed by atoms with van der Waals surface area (Å²) in [4.78, 5) is 12.1. The van der Waals surface area contributed by atoms with E-state index in [-0.39, 0.29) is 12.5 Å². The van der Waals surface area contributed by atoms with Gasteiger partial charge in [-0.3, -0.25) is 4.79 Å². The van der Waals surface area contributed by atoms with Gasteiger partial charge in [0.25, 0.3) is 5.91 Å². The summed E-state index contributed by atoms with van der Waals surface area (Å²) in [6.07, 6.45) is 2.06. The van der Waals surface area contributed by atoms with Crippen molar-refractivity contribution in [1.82, 2.24) is 5.32 Å². The summed E-state index contributed by atoms with van der Waals surface area (Å²) in [6.45, 7) is 3.05. The van der Waals surface area contributed by atoms with Crippen molar-refractivity contribution in [3.63, 3.8) is 0 Å². The van der Waals surface area contributed by atoms with E-state index in [0.29, 0.717) is 29.3 Å². The van der Waals surface area contributed by atoms with Gasteiger partial charge in [-0.15, -0.1) is 0 Å². The third-order valence-corrected chi connectivity index (χ3v) is 3.75. The highest BCUT2D eigenvalue weighted by atomic mass is 32.2. The molecule has 0 aliphatic rings. The van der Waals surface area contributed by atoms with Gasteiger partial charge in [-0.05, 0) is 36.1 Å². The van der Waals surface area contributed by atoms with Gasteiger partial charge in [-0.2, -0.15) is 11.8 Å². The second kappa shape index (κ2) is 9.32. The number of hydrogen-bond acceptors (Lipinski definition) is 4. The molecule has 0 saturated heterocycles. The lowest BCUT2D eigenvalue weighted by Gasteiger charge is -2.12. The molecule has 1 atom stereocenters. The van der Waals surface area contributed by atoms with Gasteiger partial charge in [0.15, 0.2) is 0 Å². The lowest BCUT2D eigenvalue weighted by atomic mass is 10.1. The number of thioether (sulfide) groups is 1. The van der Waals surface area contributed by atoms with Crippen molar-refractivity contribution in [3.8, 4) is 17.6 Å². The second-order valence-electron chi connectivity index (χ2n) is 4.69. The van der Waals surface area contributed by atoms with Crippen LogP contribution in [0.5, 0.6) is 5.75 Å². The number of amides is 1. The predicted octanol–water partition coefficient (Wildman–Crippen LogP) is 1.73. The van der Waals surface area contributed by atoms with Gasteiger partial charge < -0.3 is 15.8 Å². The molecular formula is C16H22N2O2S. The Labute approximate surface area is 130 Å². The maximum atomic E-state index is 12.1. The number of nitrogens with two attached hydrogens (primary N) is 1. The molecule has 0 aromatic heterocycles. The number of benzene rings is 1. The fourth-order valence-corrected chi connectivity index (χ4v) is 2.49. The summed E-state index contributed by atoms with van der Waals surface area (Å²) < 4.78 is 5.23. The molecule has 4 nitrogen and oxygen atoms in total. The standard InChI is InChI=1S/C16H22N2O2S/c1-12(11-21-3)10-18-16(19)14-6-7-15(20-2)13(9-14)5-4-8-17/h6-7,9,12H,8,10-11,17H2,1-3H3,(H,18,19). The summed E-state index contributed by atoms with van der Waals surface area (Å²) in [5, 5.41) is 2.94. The van der Waals surface area contributed by atoms with Crippen LogP contribution < -0.4 is 15.8 Å². The highest BCUT2D eigenvalue weighted by molar-refractivity contribution is 7.98. The first-order chi connectivity index (χ1) is 10.1. The van der Waals surface area contributed by atoms with E-state index in [1.807, 2.05) is 0 Å². The average molecular weight is 306 g/mol. The van der Waals surface area contributed by atoms with E-state index in [1.54, 1.807) is 37.1 Å². The van der Waals surface area contributed by atoms with Gasteiger partial charge in [0.05, 0.1) is 19.2 Å². The number of carbonyl (C=O) groups is 1. The number of rotatable bonds is 6. The molecule has 1 rings (SSSR count). The second-order valence-corrected chi connectivity index (χ2v) is 5.60. The van der Waals surface area contributed by atoms with Crippen LogP contribution in [0.3, 0.4) is 0 Å². The van der Waals surface area contributed by atoms with Crippen molar-refractivity contribution in [3.05, 3.63) is 29.3 Å². The molecule has 0 aliphatic carbocycles. The molecule has 0 radical (unpaired) electrons. The maximum absolute atomic E-state index is 12.1. The molecule has 5 heteroatoms. The third kappa shape index (κ3) is 5.70. The zero-order valence-electron chi connectivity index (χ0n) is 12.7. The topological polar surface area (TPSA) is 64.3 Å². The fraction of sp³-hybridized carbons (Fsp3) is 0.438.